The zero-order chi connectivity index (χ0) is 13.0. The summed E-state index contributed by atoms with van der Waals surface area (Å²) in [6, 6.07) is 7.10. The number of benzene rings is 1. The van der Waals surface area contributed by atoms with Gasteiger partial charge in [0.2, 0.25) is 5.91 Å². The number of hydrogen-bond acceptors (Lipinski definition) is 4. The van der Waals surface area contributed by atoms with Crippen molar-refractivity contribution in [3.8, 4) is 5.75 Å². The van der Waals surface area contributed by atoms with Gasteiger partial charge in [-0.25, -0.2) is 5.84 Å². The number of hydrazine groups is 1. The normalized spacial score (nSPS) is 14.5. The molecule has 2 amide bonds. The molecular formula is C12H15N3O3. The highest BCUT2D eigenvalue weighted by Gasteiger charge is 2.23. The molecule has 0 aromatic heterocycles. The maximum atomic E-state index is 12.2. The van der Waals surface area contributed by atoms with Crippen molar-refractivity contribution in [1.82, 2.24) is 10.3 Å². The van der Waals surface area contributed by atoms with Crippen LogP contribution >= 0.6 is 0 Å². The Labute approximate surface area is 105 Å². The molecule has 3 N–H and O–H groups in total. The molecule has 0 saturated carbocycles. The Hall–Kier alpha value is -2.08. The van der Waals surface area contributed by atoms with Crippen LogP contribution in [0.15, 0.2) is 24.3 Å². The van der Waals surface area contributed by atoms with E-state index in [0.717, 1.165) is 0 Å². The summed E-state index contributed by atoms with van der Waals surface area (Å²) in [6.45, 7) is 1.22. The van der Waals surface area contributed by atoms with E-state index in [2.05, 4.69) is 0 Å². The highest BCUT2D eigenvalue weighted by Crippen LogP contribution is 2.22. The molecule has 0 bridgehead atoms. The molecule has 1 aromatic rings. The van der Waals surface area contributed by atoms with Crippen molar-refractivity contribution in [2.45, 2.75) is 6.42 Å². The van der Waals surface area contributed by atoms with E-state index in [4.69, 9.17) is 10.6 Å². The maximum absolute atomic E-state index is 12.2. The Balaban J connectivity index is 2.10. The quantitative estimate of drug-likeness (QED) is 0.445. The summed E-state index contributed by atoms with van der Waals surface area (Å²) in [6.07, 6.45) is 0.185. The second-order valence-corrected chi connectivity index (χ2v) is 3.95. The Morgan fingerprint density at radius 3 is 3.00 bits per heavy atom. The fraction of sp³-hybridized carbons (Fsp3) is 0.333. The number of para-hydroxylation sites is 1. The van der Waals surface area contributed by atoms with Crippen LogP contribution in [-0.4, -0.2) is 36.4 Å². The number of fused-ring (bicyclic) bond motifs is 1. The third-order valence-corrected chi connectivity index (χ3v) is 2.79. The van der Waals surface area contributed by atoms with Crippen molar-refractivity contribution in [2.75, 3.05) is 19.7 Å². The lowest BCUT2D eigenvalue weighted by Gasteiger charge is -2.19. The van der Waals surface area contributed by atoms with Gasteiger partial charge in [-0.05, 0) is 12.1 Å². The van der Waals surface area contributed by atoms with Gasteiger partial charge < -0.3 is 9.64 Å². The minimum Gasteiger partial charge on any atom is -0.491 e. The summed E-state index contributed by atoms with van der Waals surface area (Å²) in [4.78, 5) is 24.9. The average Bonchev–Trinajstić information content (AvgIpc) is 2.56. The van der Waals surface area contributed by atoms with E-state index in [-0.39, 0.29) is 18.2 Å². The van der Waals surface area contributed by atoms with Crippen molar-refractivity contribution in [2.24, 2.45) is 5.84 Å². The van der Waals surface area contributed by atoms with Crippen LogP contribution in [0.4, 0.5) is 0 Å². The van der Waals surface area contributed by atoms with Crippen molar-refractivity contribution >= 4 is 11.8 Å². The van der Waals surface area contributed by atoms with Crippen LogP contribution in [0.1, 0.15) is 16.8 Å². The van der Waals surface area contributed by atoms with Gasteiger partial charge >= 0.3 is 0 Å². The van der Waals surface area contributed by atoms with Gasteiger partial charge in [-0.3, -0.25) is 15.0 Å². The third kappa shape index (κ3) is 2.60. The summed E-state index contributed by atoms with van der Waals surface area (Å²) in [7, 11) is 0. The molecule has 6 heteroatoms. The van der Waals surface area contributed by atoms with Gasteiger partial charge in [0.25, 0.3) is 5.91 Å². The zero-order valence-electron chi connectivity index (χ0n) is 9.89. The summed E-state index contributed by atoms with van der Waals surface area (Å²) >= 11 is 0. The molecule has 0 saturated heterocycles. The summed E-state index contributed by atoms with van der Waals surface area (Å²) in [5.41, 5.74) is 2.58. The highest BCUT2D eigenvalue weighted by molar-refractivity contribution is 5.97. The predicted molar refractivity (Wildman–Crippen MR) is 64.8 cm³/mol. The minimum atomic E-state index is -0.291. The smallest absolute Gasteiger partial charge is 0.257 e. The maximum Gasteiger partial charge on any atom is 0.257 e. The molecule has 1 aliphatic heterocycles. The van der Waals surface area contributed by atoms with Gasteiger partial charge in [0.1, 0.15) is 12.4 Å². The van der Waals surface area contributed by atoms with E-state index in [1.807, 2.05) is 11.5 Å². The minimum absolute atomic E-state index is 0.118. The van der Waals surface area contributed by atoms with Crippen LogP contribution in [0.3, 0.4) is 0 Å². The fourth-order valence-corrected chi connectivity index (χ4v) is 1.83. The first kappa shape index (κ1) is 12.4. The topological polar surface area (TPSA) is 84.7 Å². The lowest BCUT2D eigenvalue weighted by atomic mass is 10.1. The molecule has 1 aromatic carbocycles. The van der Waals surface area contributed by atoms with Crippen LogP contribution in [-0.2, 0) is 4.79 Å². The number of carbonyl (C=O) groups excluding carboxylic acids is 2. The number of rotatable bonds is 3. The monoisotopic (exact) mass is 249 g/mol. The Kier molecular flexibility index (Phi) is 3.78. The number of ether oxygens (including phenoxy) is 1. The fourth-order valence-electron chi connectivity index (χ4n) is 1.83. The van der Waals surface area contributed by atoms with Crippen molar-refractivity contribution in [1.29, 1.82) is 0 Å². The van der Waals surface area contributed by atoms with Gasteiger partial charge in [-0.2, -0.15) is 0 Å². The Morgan fingerprint density at radius 1 is 1.44 bits per heavy atom. The summed E-state index contributed by atoms with van der Waals surface area (Å²) in [5, 5.41) is 0. The number of carbonyl (C=O) groups is 2. The molecule has 0 aliphatic carbocycles. The first-order chi connectivity index (χ1) is 8.72. The van der Waals surface area contributed by atoms with Gasteiger partial charge in [-0.15, -0.1) is 0 Å². The van der Waals surface area contributed by atoms with Crippen molar-refractivity contribution in [3.05, 3.63) is 29.8 Å². The number of hydrogen-bond donors (Lipinski definition) is 2. The molecule has 2 rings (SSSR count). The second-order valence-electron chi connectivity index (χ2n) is 3.95. The van der Waals surface area contributed by atoms with E-state index in [1.165, 1.54) is 0 Å². The number of nitrogens with two attached hydrogens (primary N) is 1. The molecule has 0 spiro atoms. The van der Waals surface area contributed by atoms with Gasteiger partial charge in [0, 0.05) is 13.0 Å². The second kappa shape index (κ2) is 5.50. The molecule has 18 heavy (non-hydrogen) atoms. The van der Waals surface area contributed by atoms with Gasteiger partial charge in [0.15, 0.2) is 0 Å². The molecule has 1 heterocycles. The molecule has 0 atom stereocenters. The molecule has 0 fully saturated rings. The molecule has 0 radical (unpaired) electrons. The van der Waals surface area contributed by atoms with Crippen LogP contribution in [0, 0.1) is 0 Å². The SMILES string of the molecule is NNC(=O)CCN1CCOc2ccccc2C1=O. The third-order valence-electron chi connectivity index (χ3n) is 2.79. The standard InChI is InChI=1S/C12H15N3O3/c13-14-11(16)5-6-15-7-8-18-10-4-2-1-3-9(10)12(15)17/h1-4H,5-8,13H2,(H,14,16). The van der Waals surface area contributed by atoms with E-state index in [0.29, 0.717) is 31.0 Å². The lowest BCUT2D eigenvalue weighted by molar-refractivity contribution is -0.121. The number of nitrogens with one attached hydrogen (secondary N) is 1. The Morgan fingerprint density at radius 2 is 2.22 bits per heavy atom. The molecule has 96 valence electrons. The summed E-state index contributed by atoms with van der Waals surface area (Å²) in [5.74, 6) is 5.18. The van der Waals surface area contributed by atoms with Gasteiger partial charge in [-0.1, -0.05) is 12.1 Å². The van der Waals surface area contributed by atoms with E-state index in [1.54, 1.807) is 23.1 Å². The lowest BCUT2D eigenvalue weighted by Crippen LogP contribution is -2.37. The van der Waals surface area contributed by atoms with Crippen LogP contribution < -0.4 is 16.0 Å². The number of amides is 2. The first-order valence-electron chi connectivity index (χ1n) is 5.73. The van der Waals surface area contributed by atoms with Crippen LogP contribution in [0.5, 0.6) is 5.75 Å². The zero-order valence-corrected chi connectivity index (χ0v) is 9.89. The van der Waals surface area contributed by atoms with E-state index in [9.17, 15) is 9.59 Å². The van der Waals surface area contributed by atoms with Crippen molar-refractivity contribution in [3.63, 3.8) is 0 Å². The van der Waals surface area contributed by atoms with Crippen LogP contribution in [0.25, 0.3) is 0 Å². The highest BCUT2D eigenvalue weighted by atomic mass is 16.5. The predicted octanol–water partition coefficient (Wildman–Crippen LogP) is -0.0988. The molecule has 1 aliphatic rings. The molecule has 0 unspecified atom stereocenters. The Bertz CT molecular complexity index is 462. The molecular weight excluding hydrogens is 234 g/mol. The van der Waals surface area contributed by atoms with Crippen LogP contribution in [0.2, 0.25) is 0 Å². The van der Waals surface area contributed by atoms with E-state index < -0.39 is 0 Å². The van der Waals surface area contributed by atoms with Crippen molar-refractivity contribution < 1.29 is 14.3 Å². The largest absolute Gasteiger partial charge is 0.491 e. The molecule has 6 nitrogen and oxygen atoms in total. The number of nitrogens with zero attached hydrogens (tertiary/aromatic N) is 1. The van der Waals surface area contributed by atoms with Gasteiger partial charge in [0.05, 0.1) is 12.1 Å². The van der Waals surface area contributed by atoms with E-state index >= 15 is 0 Å². The first-order valence-corrected chi connectivity index (χ1v) is 5.73. The summed E-state index contributed by atoms with van der Waals surface area (Å²) < 4.78 is 5.49. The average molecular weight is 249 g/mol.